The van der Waals surface area contributed by atoms with Gasteiger partial charge in [0, 0.05) is 24.9 Å². The molecular formula is C24H19FN2O2. The van der Waals surface area contributed by atoms with Gasteiger partial charge in [0.15, 0.2) is 5.78 Å². The Morgan fingerprint density at radius 2 is 1.86 bits per heavy atom. The summed E-state index contributed by atoms with van der Waals surface area (Å²) in [7, 11) is 0. The zero-order valence-electron chi connectivity index (χ0n) is 15.9. The molecule has 5 heteroatoms. The van der Waals surface area contributed by atoms with E-state index in [2.05, 4.69) is 9.97 Å². The summed E-state index contributed by atoms with van der Waals surface area (Å²) in [6.45, 7) is 1.84. The number of ketones is 1. The van der Waals surface area contributed by atoms with Gasteiger partial charge in [-0.3, -0.25) is 9.78 Å². The van der Waals surface area contributed by atoms with Crippen LogP contribution in [0.3, 0.4) is 0 Å². The van der Waals surface area contributed by atoms with E-state index in [1.54, 1.807) is 36.5 Å². The number of ether oxygens (including phenoxy) is 1. The Balaban J connectivity index is 1.45. The molecule has 0 aliphatic carbocycles. The van der Waals surface area contributed by atoms with E-state index in [0.717, 1.165) is 22.5 Å². The van der Waals surface area contributed by atoms with Gasteiger partial charge in [-0.2, -0.15) is 0 Å². The number of H-pyrrole nitrogens is 1. The van der Waals surface area contributed by atoms with Gasteiger partial charge in [-0.15, -0.1) is 0 Å². The molecule has 1 N–H and O–H groups in total. The number of rotatable bonds is 6. The summed E-state index contributed by atoms with van der Waals surface area (Å²) in [4.78, 5) is 19.9. The average molecular weight is 386 g/mol. The van der Waals surface area contributed by atoms with E-state index in [-0.39, 0.29) is 17.8 Å². The van der Waals surface area contributed by atoms with Crippen molar-refractivity contribution in [1.82, 2.24) is 9.97 Å². The van der Waals surface area contributed by atoms with E-state index in [1.807, 2.05) is 43.5 Å². The molecule has 0 spiro atoms. The van der Waals surface area contributed by atoms with Crippen molar-refractivity contribution in [3.8, 4) is 22.9 Å². The first-order valence-electron chi connectivity index (χ1n) is 9.24. The lowest BCUT2D eigenvalue weighted by molar-refractivity contribution is 0.0989. The topological polar surface area (TPSA) is 55.0 Å². The van der Waals surface area contributed by atoms with Crippen molar-refractivity contribution >= 4 is 5.78 Å². The molecule has 29 heavy (non-hydrogen) atoms. The van der Waals surface area contributed by atoms with Gasteiger partial charge < -0.3 is 9.72 Å². The molecular weight excluding hydrogens is 367 g/mol. The molecule has 0 aliphatic heterocycles. The highest BCUT2D eigenvalue weighted by Gasteiger charge is 2.13. The van der Waals surface area contributed by atoms with Crippen LogP contribution >= 0.6 is 0 Å². The number of aromatic nitrogens is 2. The van der Waals surface area contributed by atoms with Gasteiger partial charge in [-0.25, -0.2) is 4.39 Å². The summed E-state index contributed by atoms with van der Waals surface area (Å²) in [5, 5.41) is 0. The van der Waals surface area contributed by atoms with E-state index in [1.165, 1.54) is 6.07 Å². The first-order chi connectivity index (χ1) is 14.1. The summed E-state index contributed by atoms with van der Waals surface area (Å²) in [6, 6.07) is 19.3. The molecule has 2 heterocycles. The van der Waals surface area contributed by atoms with Gasteiger partial charge in [0.05, 0.1) is 17.0 Å². The second-order valence-corrected chi connectivity index (χ2v) is 6.79. The van der Waals surface area contributed by atoms with Crippen molar-refractivity contribution in [3.05, 3.63) is 102 Å². The standard InChI is InChI=1S/C24H19FN2O2/c1-16-4-9-21(25)20(13-16)24(28)14-17-5-7-18(8-6-17)29-19-10-12-27-23(15-19)22-3-2-11-26-22/h2-13,15,26H,14H2,1H3. The number of hydrogen-bond donors (Lipinski definition) is 1. The van der Waals surface area contributed by atoms with Crippen LogP contribution in [-0.2, 0) is 6.42 Å². The van der Waals surface area contributed by atoms with E-state index < -0.39 is 5.82 Å². The Kier molecular flexibility index (Phi) is 5.20. The number of nitrogens with one attached hydrogen (secondary N) is 1. The van der Waals surface area contributed by atoms with Gasteiger partial charge in [-0.1, -0.05) is 23.8 Å². The molecule has 0 saturated carbocycles. The number of aromatic amines is 1. The van der Waals surface area contributed by atoms with Gasteiger partial charge in [0.1, 0.15) is 17.3 Å². The molecule has 0 amide bonds. The van der Waals surface area contributed by atoms with Crippen LogP contribution in [0, 0.1) is 12.7 Å². The van der Waals surface area contributed by atoms with Crippen LogP contribution in [0.5, 0.6) is 11.5 Å². The zero-order chi connectivity index (χ0) is 20.2. The van der Waals surface area contributed by atoms with Crippen LogP contribution in [-0.4, -0.2) is 15.8 Å². The Hall–Kier alpha value is -3.73. The average Bonchev–Trinajstić information content (AvgIpc) is 3.26. The van der Waals surface area contributed by atoms with Crippen molar-refractivity contribution in [2.45, 2.75) is 13.3 Å². The van der Waals surface area contributed by atoms with E-state index in [0.29, 0.717) is 11.5 Å². The summed E-state index contributed by atoms with van der Waals surface area (Å²) in [6.07, 6.45) is 3.66. The third kappa shape index (κ3) is 4.41. The largest absolute Gasteiger partial charge is 0.457 e. The third-order valence-electron chi connectivity index (χ3n) is 4.55. The summed E-state index contributed by atoms with van der Waals surface area (Å²) in [5.74, 6) is 0.572. The number of pyridine rings is 1. The molecule has 2 aromatic carbocycles. The fourth-order valence-electron chi connectivity index (χ4n) is 3.06. The molecule has 0 fully saturated rings. The van der Waals surface area contributed by atoms with Crippen LogP contribution in [0.15, 0.2) is 79.1 Å². The highest BCUT2D eigenvalue weighted by molar-refractivity contribution is 5.97. The van der Waals surface area contributed by atoms with E-state index in [9.17, 15) is 9.18 Å². The van der Waals surface area contributed by atoms with Gasteiger partial charge in [0.2, 0.25) is 0 Å². The number of hydrogen-bond acceptors (Lipinski definition) is 3. The van der Waals surface area contributed by atoms with Crippen molar-refractivity contribution in [3.63, 3.8) is 0 Å². The lowest BCUT2D eigenvalue weighted by Gasteiger charge is -2.08. The molecule has 0 aliphatic rings. The number of carbonyl (C=O) groups is 1. The van der Waals surface area contributed by atoms with Crippen LogP contribution in [0.4, 0.5) is 4.39 Å². The van der Waals surface area contributed by atoms with Crippen LogP contribution < -0.4 is 4.74 Å². The van der Waals surface area contributed by atoms with Crippen molar-refractivity contribution in [2.24, 2.45) is 0 Å². The Labute approximate surface area is 168 Å². The zero-order valence-corrected chi connectivity index (χ0v) is 15.9. The molecule has 4 nitrogen and oxygen atoms in total. The molecule has 0 atom stereocenters. The Bertz CT molecular complexity index is 1140. The minimum absolute atomic E-state index is 0.124. The lowest BCUT2D eigenvalue weighted by atomic mass is 10.0. The predicted octanol–water partition coefficient (Wildman–Crippen LogP) is 5.74. The summed E-state index contributed by atoms with van der Waals surface area (Å²) in [5.41, 5.74) is 3.47. The minimum atomic E-state index is -0.490. The second-order valence-electron chi connectivity index (χ2n) is 6.79. The van der Waals surface area contributed by atoms with Crippen molar-refractivity contribution in [1.29, 1.82) is 0 Å². The third-order valence-corrected chi connectivity index (χ3v) is 4.55. The Morgan fingerprint density at radius 1 is 1.03 bits per heavy atom. The normalized spacial score (nSPS) is 10.7. The fourth-order valence-corrected chi connectivity index (χ4v) is 3.06. The van der Waals surface area contributed by atoms with Crippen molar-refractivity contribution < 1.29 is 13.9 Å². The highest BCUT2D eigenvalue weighted by Crippen LogP contribution is 2.25. The number of carbonyl (C=O) groups excluding carboxylic acids is 1. The lowest BCUT2D eigenvalue weighted by Crippen LogP contribution is -2.06. The highest BCUT2D eigenvalue weighted by atomic mass is 19.1. The van der Waals surface area contributed by atoms with Crippen molar-refractivity contribution in [2.75, 3.05) is 0 Å². The summed E-state index contributed by atoms with van der Waals surface area (Å²) < 4.78 is 19.8. The first-order valence-corrected chi connectivity index (χ1v) is 9.24. The van der Waals surface area contributed by atoms with E-state index >= 15 is 0 Å². The maximum Gasteiger partial charge on any atom is 0.170 e. The number of halogens is 1. The molecule has 144 valence electrons. The monoisotopic (exact) mass is 386 g/mol. The number of Topliss-reactive ketones (excluding diaryl/α,β-unsaturated/α-hetero) is 1. The predicted molar refractivity (Wildman–Crippen MR) is 110 cm³/mol. The molecule has 0 bridgehead atoms. The van der Waals surface area contributed by atoms with Crippen LogP contribution in [0.2, 0.25) is 0 Å². The first kappa shape index (κ1) is 18.6. The maximum absolute atomic E-state index is 13.9. The molecule has 4 aromatic rings. The molecule has 2 aromatic heterocycles. The number of aryl methyl sites for hydroxylation is 1. The SMILES string of the molecule is Cc1ccc(F)c(C(=O)Cc2ccc(Oc3ccnc(-c4ccc[nH]4)c3)cc2)c1. The molecule has 4 rings (SSSR count). The van der Waals surface area contributed by atoms with Crippen LogP contribution in [0.1, 0.15) is 21.5 Å². The van der Waals surface area contributed by atoms with Gasteiger partial charge >= 0.3 is 0 Å². The Morgan fingerprint density at radius 3 is 2.62 bits per heavy atom. The number of nitrogens with zero attached hydrogens (tertiary/aromatic N) is 1. The van der Waals surface area contributed by atoms with E-state index in [4.69, 9.17) is 4.74 Å². The minimum Gasteiger partial charge on any atom is -0.457 e. The quantitative estimate of drug-likeness (QED) is 0.430. The van der Waals surface area contributed by atoms with Crippen LogP contribution in [0.25, 0.3) is 11.4 Å². The molecule has 0 saturated heterocycles. The smallest absolute Gasteiger partial charge is 0.170 e. The molecule has 0 radical (unpaired) electrons. The van der Waals surface area contributed by atoms with Gasteiger partial charge in [-0.05, 0) is 55.0 Å². The number of benzene rings is 2. The second kappa shape index (κ2) is 8.10. The maximum atomic E-state index is 13.9. The summed E-state index contributed by atoms with van der Waals surface area (Å²) >= 11 is 0. The fraction of sp³-hybridized carbons (Fsp3) is 0.0833. The molecule has 0 unspecified atom stereocenters. The van der Waals surface area contributed by atoms with Gasteiger partial charge in [0.25, 0.3) is 0 Å².